The van der Waals surface area contributed by atoms with Crippen molar-refractivity contribution in [2.45, 2.75) is 83.3 Å². The first-order valence-corrected chi connectivity index (χ1v) is 8.83. The molecule has 4 atom stereocenters. The average Bonchev–Trinajstić information content (AvgIpc) is 2.67. The first kappa shape index (κ1) is 16.3. The molecule has 2 heteroatoms. The van der Waals surface area contributed by atoms with Crippen LogP contribution >= 0.6 is 0 Å². The van der Waals surface area contributed by atoms with E-state index in [0.29, 0.717) is 5.92 Å². The van der Waals surface area contributed by atoms with Crippen molar-refractivity contribution in [2.75, 3.05) is 14.1 Å². The average molecular weight is 281 g/mol. The summed E-state index contributed by atoms with van der Waals surface area (Å²) in [5.41, 5.74) is 0.0431. The summed E-state index contributed by atoms with van der Waals surface area (Å²) in [5, 5.41) is 11.2. The monoisotopic (exact) mass is 281 g/mol. The van der Waals surface area contributed by atoms with Crippen LogP contribution in [0.25, 0.3) is 0 Å². The molecule has 0 radical (unpaired) electrons. The number of hydrogen-bond donors (Lipinski definition) is 1. The van der Waals surface area contributed by atoms with Crippen LogP contribution < -0.4 is 0 Å². The van der Waals surface area contributed by atoms with Gasteiger partial charge in [0.25, 0.3) is 0 Å². The molecule has 0 saturated heterocycles. The Morgan fingerprint density at radius 3 is 2.05 bits per heavy atom. The number of aliphatic hydroxyl groups is 1. The van der Waals surface area contributed by atoms with Crippen molar-refractivity contribution in [1.29, 1.82) is 0 Å². The molecule has 4 unspecified atom stereocenters. The molecule has 1 N–H and O–H groups in total. The van der Waals surface area contributed by atoms with Crippen molar-refractivity contribution >= 4 is 0 Å². The molecule has 2 rings (SSSR count). The highest BCUT2D eigenvalue weighted by Crippen LogP contribution is 2.43. The minimum Gasteiger partial charge on any atom is -0.391 e. The first-order chi connectivity index (χ1) is 9.47. The third kappa shape index (κ3) is 3.22. The smallest absolute Gasteiger partial charge is 0.0751 e. The molecule has 0 aromatic heterocycles. The molecule has 2 aliphatic rings. The van der Waals surface area contributed by atoms with Crippen LogP contribution in [-0.4, -0.2) is 35.7 Å². The van der Waals surface area contributed by atoms with Gasteiger partial charge in [0.05, 0.1) is 6.10 Å². The molecule has 0 bridgehead atoms. The highest BCUT2D eigenvalue weighted by molar-refractivity contribution is 4.99. The van der Waals surface area contributed by atoms with Crippen LogP contribution in [-0.2, 0) is 0 Å². The largest absolute Gasteiger partial charge is 0.391 e. The van der Waals surface area contributed by atoms with Gasteiger partial charge in [-0.15, -0.1) is 0 Å². The fraction of sp³-hybridized carbons (Fsp3) is 1.00. The molecule has 118 valence electrons. The molecule has 0 spiro atoms. The standard InChI is InChI=1S/C18H35NO/c1-14-9-10-16(13-15(14)2)17(20)18(19(3)4)11-7-5-6-8-12-18/h14-17,20H,5-13H2,1-4H3. The summed E-state index contributed by atoms with van der Waals surface area (Å²) in [7, 11) is 4.37. The zero-order valence-corrected chi connectivity index (χ0v) is 14.1. The summed E-state index contributed by atoms with van der Waals surface area (Å²) in [6, 6.07) is 0. The van der Waals surface area contributed by atoms with E-state index in [-0.39, 0.29) is 11.6 Å². The lowest BCUT2D eigenvalue weighted by Gasteiger charge is -2.48. The van der Waals surface area contributed by atoms with E-state index in [1.165, 1.54) is 57.8 Å². The molecule has 2 fully saturated rings. The van der Waals surface area contributed by atoms with E-state index in [2.05, 4.69) is 32.8 Å². The molecule has 0 aliphatic heterocycles. The van der Waals surface area contributed by atoms with Gasteiger partial charge in [0.2, 0.25) is 0 Å². The highest BCUT2D eigenvalue weighted by Gasteiger charge is 2.44. The Hall–Kier alpha value is -0.0800. The summed E-state index contributed by atoms with van der Waals surface area (Å²) >= 11 is 0. The zero-order chi connectivity index (χ0) is 14.8. The maximum atomic E-state index is 11.2. The lowest BCUT2D eigenvalue weighted by atomic mass is 9.68. The van der Waals surface area contributed by atoms with Gasteiger partial charge in [0.1, 0.15) is 0 Å². The van der Waals surface area contributed by atoms with E-state index in [4.69, 9.17) is 0 Å². The second kappa shape index (κ2) is 6.79. The Kier molecular flexibility index (Phi) is 5.53. The number of likely N-dealkylation sites (N-methyl/N-ethyl adjacent to an activating group) is 1. The Morgan fingerprint density at radius 2 is 1.55 bits per heavy atom. The molecule has 2 saturated carbocycles. The van der Waals surface area contributed by atoms with Crippen molar-refractivity contribution in [1.82, 2.24) is 4.90 Å². The van der Waals surface area contributed by atoms with Gasteiger partial charge in [-0.2, -0.15) is 0 Å². The first-order valence-electron chi connectivity index (χ1n) is 8.83. The molecule has 20 heavy (non-hydrogen) atoms. The summed E-state index contributed by atoms with van der Waals surface area (Å²) in [6.07, 6.45) is 11.2. The SMILES string of the molecule is CC1CCC(C(O)C2(N(C)C)CCCCCC2)CC1C. The Morgan fingerprint density at radius 1 is 0.950 bits per heavy atom. The van der Waals surface area contributed by atoms with Crippen LogP contribution in [0.4, 0.5) is 0 Å². The summed E-state index contributed by atoms with van der Waals surface area (Å²) < 4.78 is 0. The fourth-order valence-corrected chi connectivity index (χ4v) is 4.66. The van der Waals surface area contributed by atoms with Crippen molar-refractivity contribution in [3.63, 3.8) is 0 Å². The third-order valence-electron chi connectivity index (χ3n) is 6.50. The number of rotatable bonds is 3. The van der Waals surface area contributed by atoms with Crippen LogP contribution in [0.5, 0.6) is 0 Å². The summed E-state index contributed by atoms with van der Waals surface area (Å²) in [5.74, 6) is 2.12. The van der Waals surface area contributed by atoms with Gasteiger partial charge in [0.15, 0.2) is 0 Å². The molecule has 0 aromatic carbocycles. The zero-order valence-electron chi connectivity index (χ0n) is 14.1. The Balaban J connectivity index is 2.12. The minimum atomic E-state index is -0.134. The second-order valence-electron chi connectivity index (χ2n) is 7.88. The second-order valence-corrected chi connectivity index (χ2v) is 7.88. The number of hydrogen-bond acceptors (Lipinski definition) is 2. The van der Waals surface area contributed by atoms with Gasteiger partial charge in [0, 0.05) is 5.54 Å². The van der Waals surface area contributed by atoms with Gasteiger partial charge >= 0.3 is 0 Å². The van der Waals surface area contributed by atoms with E-state index < -0.39 is 0 Å². The Bertz CT molecular complexity index is 294. The molecular weight excluding hydrogens is 246 g/mol. The molecule has 2 aliphatic carbocycles. The van der Waals surface area contributed by atoms with Crippen molar-refractivity contribution in [3.05, 3.63) is 0 Å². The number of aliphatic hydroxyl groups excluding tert-OH is 1. The fourth-order valence-electron chi connectivity index (χ4n) is 4.66. The van der Waals surface area contributed by atoms with E-state index in [0.717, 1.165) is 11.8 Å². The summed E-state index contributed by atoms with van der Waals surface area (Å²) in [4.78, 5) is 2.35. The normalized spacial score (nSPS) is 36.6. The van der Waals surface area contributed by atoms with Crippen LogP contribution in [0.2, 0.25) is 0 Å². The van der Waals surface area contributed by atoms with Gasteiger partial charge < -0.3 is 10.0 Å². The maximum absolute atomic E-state index is 11.2. The van der Waals surface area contributed by atoms with E-state index >= 15 is 0 Å². The minimum absolute atomic E-state index is 0.0431. The van der Waals surface area contributed by atoms with Gasteiger partial charge in [-0.1, -0.05) is 46.0 Å². The van der Waals surface area contributed by atoms with Gasteiger partial charge in [-0.25, -0.2) is 0 Å². The van der Waals surface area contributed by atoms with Crippen molar-refractivity contribution < 1.29 is 5.11 Å². The lowest BCUT2D eigenvalue weighted by molar-refractivity contribution is -0.0673. The van der Waals surface area contributed by atoms with Crippen molar-refractivity contribution in [2.24, 2.45) is 17.8 Å². The Labute approximate surface area is 125 Å². The van der Waals surface area contributed by atoms with Gasteiger partial charge in [-0.3, -0.25) is 0 Å². The van der Waals surface area contributed by atoms with E-state index in [1.54, 1.807) is 0 Å². The topological polar surface area (TPSA) is 23.5 Å². The third-order valence-corrected chi connectivity index (χ3v) is 6.50. The maximum Gasteiger partial charge on any atom is 0.0751 e. The quantitative estimate of drug-likeness (QED) is 0.788. The predicted octanol–water partition coefficient (Wildman–Crippen LogP) is 4.07. The molecular formula is C18H35NO. The lowest BCUT2D eigenvalue weighted by Crippen LogP contribution is -2.56. The molecule has 0 heterocycles. The van der Waals surface area contributed by atoms with Gasteiger partial charge in [-0.05, 0) is 57.5 Å². The molecule has 0 aromatic rings. The summed E-state index contributed by atoms with van der Waals surface area (Å²) in [6.45, 7) is 4.75. The molecule has 2 nitrogen and oxygen atoms in total. The number of nitrogens with zero attached hydrogens (tertiary/aromatic N) is 1. The highest BCUT2D eigenvalue weighted by atomic mass is 16.3. The van der Waals surface area contributed by atoms with Crippen LogP contribution in [0.1, 0.15) is 71.6 Å². The molecule has 0 amide bonds. The predicted molar refractivity (Wildman–Crippen MR) is 85.8 cm³/mol. The van der Waals surface area contributed by atoms with Crippen LogP contribution in [0, 0.1) is 17.8 Å². The van der Waals surface area contributed by atoms with Crippen LogP contribution in [0.3, 0.4) is 0 Å². The van der Waals surface area contributed by atoms with Crippen molar-refractivity contribution in [3.8, 4) is 0 Å². The van der Waals surface area contributed by atoms with E-state index in [9.17, 15) is 5.11 Å². The van der Waals surface area contributed by atoms with Crippen LogP contribution in [0.15, 0.2) is 0 Å². The van der Waals surface area contributed by atoms with E-state index in [1.807, 2.05) is 0 Å².